The van der Waals surface area contributed by atoms with Crippen molar-refractivity contribution < 1.29 is 0 Å². The highest BCUT2D eigenvalue weighted by Gasteiger charge is 2.46. The van der Waals surface area contributed by atoms with Gasteiger partial charge in [-0.2, -0.15) is 9.97 Å². The zero-order valence-electron chi connectivity index (χ0n) is 33.7. The predicted octanol–water partition coefficient (Wildman–Crippen LogP) is 14.0. The third-order valence-electron chi connectivity index (χ3n) is 12.6. The standard InChI is InChI=1S/C58H38N4/c1-5-18-39(19-6-1)42-24-17-25-44(36-42)56-59-55(41-22-9-3-10-23-41)60-57(61-56)62-53-37-43(40-20-7-2-8-21-40)32-34-49(53)50-35-33-46(38-54(50)62)58(45-26-11-4-12-27-45)51-30-15-13-28-47(51)48-29-14-16-31-52(48)58/h1-38H. The lowest BCUT2D eigenvalue weighted by atomic mass is 9.67. The monoisotopic (exact) mass is 790 g/mol. The molecule has 0 N–H and O–H groups in total. The van der Waals surface area contributed by atoms with Crippen molar-refractivity contribution in [2.75, 3.05) is 0 Å². The fourth-order valence-corrected chi connectivity index (χ4v) is 9.77. The van der Waals surface area contributed by atoms with Crippen LogP contribution >= 0.6 is 0 Å². The first kappa shape index (κ1) is 35.7. The summed E-state index contributed by atoms with van der Waals surface area (Å²) in [6.45, 7) is 0. The van der Waals surface area contributed by atoms with Gasteiger partial charge in [0.1, 0.15) is 0 Å². The van der Waals surface area contributed by atoms with Crippen LogP contribution in [0.4, 0.5) is 0 Å². The molecule has 62 heavy (non-hydrogen) atoms. The molecule has 0 fully saturated rings. The van der Waals surface area contributed by atoms with Gasteiger partial charge in [-0.25, -0.2) is 4.98 Å². The summed E-state index contributed by atoms with van der Waals surface area (Å²) in [5.41, 5.74) is 15.3. The van der Waals surface area contributed by atoms with Crippen molar-refractivity contribution in [3.8, 4) is 62.1 Å². The van der Waals surface area contributed by atoms with Gasteiger partial charge in [-0.15, -0.1) is 0 Å². The van der Waals surface area contributed by atoms with Gasteiger partial charge in [0.15, 0.2) is 11.6 Å². The summed E-state index contributed by atoms with van der Waals surface area (Å²) < 4.78 is 2.27. The molecule has 4 heteroatoms. The smallest absolute Gasteiger partial charge is 0.238 e. The summed E-state index contributed by atoms with van der Waals surface area (Å²) >= 11 is 0. The molecule has 0 bridgehead atoms. The molecule has 0 aliphatic heterocycles. The van der Waals surface area contributed by atoms with Crippen molar-refractivity contribution in [1.29, 1.82) is 0 Å². The Labute approximate surface area is 360 Å². The second-order valence-electron chi connectivity index (χ2n) is 16.0. The first-order chi connectivity index (χ1) is 30.7. The van der Waals surface area contributed by atoms with E-state index in [9.17, 15) is 0 Å². The Morgan fingerprint density at radius 3 is 1.40 bits per heavy atom. The molecule has 0 saturated heterocycles. The molecular formula is C58H38N4. The first-order valence-corrected chi connectivity index (χ1v) is 21.1. The number of rotatable bonds is 7. The van der Waals surface area contributed by atoms with Gasteiger partial charge in [0, 0.05) is 21.9 Å². The second-order valence-corrected chi connectivity index (χ2v) is 16.0. The minimum absolute atomic E-state index is 0.558. The predicted molar refractivity (Wildman–Crippen MR) is 253 cm³/mol. The highest BCUT2D eigenvalue weighted by atomic mass is 15.2. The Bertz CT molecular complexity index is 3400. The maximum atomic E-state index is 5.42. The molecule has 0 radical (unpaired) electrons. The van der Waals surface area contributed by atoms with Gasteiger partial charge in [0.05, 0.1) is 16.4 Å². The molecule has 12 rings (SSSR count). The molecular weight excluding hydrogens is 753 g/mol. The molecule has 290 valence electrons. The molecule has 9 aromatic carbocycles. The van der Waals surface area contributed by atoms with Crippen LogP contribution in [0.3, 0.4) is 0 Å². The van der Waals surface area contributed by atoms with Crippen LogP contribution in [0.5, 0.6) is 0 Å². The Morgan fingerprint density at radius 1 is 0.306 bits per heavy atom. The lowest BCUT2D eigenvalue weighted by molar-refractivity contribution is 0.769. The fourth-order valence-electron chi connectivity index (χ4n) is 9.77. The molecule has 0 amide bonds. The quantitative estimate of drug-likeness (QED) is 0.161. The van der Waals surface area contributed by atoms with E-state index in [1.165, 1.54) is 33.4 Å². The van der Waals surface area contributed by atoms with Crippen molar-refractivity contribution in [3.63, 3.8) is 0 Å². The molecule has 2 heterocycles. The molecule has 11 aromatic rings. The van der Waals surface area contributed by atoms with Gasteiger partial charge in [0.2, 0.25) is 5.95 Å². The largest absolute Gasteiger partial charge is 0.278 e. The van der Waals surface area contributed by atoms with Crippen LogP contribution < -0.4 is 0 Å². The molecule has 1 aliphatic rings. The summed E-state index contributed by atoms with van der Waals surface area (Å²) in [5.74, 6) is 1.78. The minimum atomic E-state index is -0.573. The lowest BCUT2D eigenvalue weighted by Gasteiger charge is -2.34. The van der Waals surface area contributed by atoms with E-state index in [0.29, 0.717) is 17.6 Å². The number of aromatic nitrogens is 4. The summed E-state index contributed by atoms with van der Waals surface area (Å²) in [7, 11) is 0. The summed E-state index contributed by atoms with van der Waals surface area (Å²) in [4.78, 5) is 16.0. The van der Waals surface area contributed by atoms with E-state index in [1.54, 1.807) is 0 Å². The Kier molecular flexibility index (Phi) is 8.36. The van der Waals surface area contributed by atoms with E-state index >= 15 is 0 Å². The number of benzene rings is 9. The molecule has 4 nitrogen and oxygen atoms in total. The van der Waals surface area contributed by atoms with E-state index in [-0.39, 0.29) is 0 Å². The topological polar surface area (TPSA) is 43.6 Å². The van der Waals surface area contributed by atoms with Gasteiger partial charge < -0.3 is 0 Å². The Morgan fingerprint density at radius 2 is 0.774 bits per heavy atom. The van der Waals surface area contributed by atoms with E-state index in [1.807, 2.05) is 24.3 Å². The van der Waals surface area contributed by atoms with E-state index in [4.69, 9.17) is 15.0 Å². The highest BCUT2D eigenvalue weighted by molar-refractivity contribution is 6.10. The Balaban J connectivity index is 1.17. The van der Waals surface area contributed by atoms with Crippen molar-refractivity contribution in [2.24, 2.45) is 0 Å². The number of hydrogen-bond donors (Lipinski definition) is 0. The number of nitrogens with zero attached hydrogens (tertiary/aromatic N) is 4. The van der Waals surface area contributed by atoms with Crippen LogP contribution in [-0.4, -0.2) is 19.5 Å². The van der Waals surface area contributed by atoms with Crippen molar-refractivity contribution >= 4 is 21.8 Å². The van der Waals surface area contributed by atoms with Gasteiger partial charge in [-0.05, 0) is 73.8 Å². The average molecular weight is 791 g/mol. The number of hydrogen-bond acceptors (Lipinski definition) is 3. The SMILES string of the molecule is c1ccc(-c2cccc(-c3nc(-c4ccccc4)nc(-n4c5cc(-c6ccccc6)ccc5c5ccc(C6(c7ccccc7)c7ccccc7-c7ccccc76)cc54)n3)c2)cc1. The van der Waals surface area contributed by atoms with E-state index < -0.39 is 5.41 Å². The van der Waals surface area contributed by atoms with E-state index in [0.717, 1.165) is 55.2 Å². The van der Waals surface area contributed by atoms with Crippen LogP contribution in [0.15, 0.2) is 231 Å². The second kappa shape index (κ2) is 14.5. The molecule has 1 aliphatic carbocycles. The van der Waals surface area contributed by atoms with Crippen LogP contribution in [0, 0.1) is 0 Å². The highest BCUT2D eigenvalue weighted by Crippen LogP contribution is 2.56. The van der Waals surface area contributed by atoms with Crippen LogP contribution in [0.1, 0.15) is 22.3 Å². The van der Waals surface area contributed by atoms with Crippen LogP contribution in [-0.2, 0) is 5.41 Å². The van der Waals surface area contributed by atoms with Gasteiger partial charge >= 0.3 is 0 Å². The zero-order valence-corrected chi connectivity index (χ0v) is 33.7. The number of fused-ring (bicyclic) bond motifs is 6. The summed E-state index contributed by atoms with van der Waals surface area (Å²) in [6.07, 6.45) is 0. The maximum Gasteiger partial charge on any atom is 0.238 e. The van der Waals surface area contributed by atoms with Crippen molar-refractivity contribution in [1.82, 2.24) is 19.5 Å². The molecule has 0 saturated carbocycles. The van der Waals surface area contributed by atoms with Gasteiger partial charge in [0.25, 0.3) is 0 Å². The van der Waals surface area contributed by atoms with Gasteiger partial charge in [-0.1, -0.05) is 212 Å². The molecule has 0 atom stereocenters. The van der Waals surface area contributed by atoms with Crippen LogP contribution in [0.2, 0.25) is 0 Å². The summed E-state index contributed by atoms with van der Waals surface area (Å²) in [6, 6.07) is 82.4. The van der Waals surface area contributed by atoms with Crippen molar-refractivity contribution in [3.05, 3.63) is 253 Å². The third-order valence-corrected chi connectivity index (χ3v) is 12.6. The molecule has 0 unspecified atom stereocenters. The minimum Gasteiger partial charge on any atom is -0.278 e. The third kappa shape index (κ3) is 5.65. The van der Waals surface area contributed by atoms with Crippen LogP contribution in [0.25, 0.3) is 83.9 Å². The van der Waals surface area contributed by atoms with Gasteiger partial charge in [-0.3, -0.25) is 4.57 Å². The molecule has 0 spiro atoms. The van der Waals surface area contributed by atoms with E-state index in [2.05, 4.69) is 211 Å². The first-order valence-electron chi connectivity index (χ1n) is 21.1. The maximum absolute atomic E-state index is 5.42. The summed E-state index contributed by atoms with van der Waals surface area (Å²) in [5, 5.41) is 2.25. The normalized spacial score (nSPS) is 12.6. The average Bonchev–Trinajstić information content (AvgIpc) is 3.85. The Hall–Kier alpha value is -8.21. The fraction of sp³-hybridized carbons (Fsp3) is 0.0172. The molecule has 2 aromatic heterocycles. The zero-order chi connectivity index (χ0) is 41.0. The lowest BCUT2D eigenvalue weighted by Crippen LogP contribution is -2.28. The van der Waals surface area contributed by atoms with Crippen molar-refractivity contribution in [2.45, 2.75) is 5.41 Å².